The van der Waals surface area contributed by atoms with E-state index in [1.54, 1.807) is 0 Å². The first kappa shape index (κ1) is 14.0. The predicted molar refractivity (Wildman–Crippen MR) is 69.7 cm³/mol. The molecule has 2 unspecified atom stereocenters. The van der Waals surface area contributed by atoms with E-state index in [-0.39, 0.29) is 0 Å². The van der Waals surface area contributed by atoms with Crippen molar-refractivity contribution >= 4 is 0 Å². The monoisotopic (exact) mass is 227 g/mol. The van der Waals surface area contributed by atoms with Gasteiger partial charge in [0.15, 0.2) is 0 Å². The second-order valence-electron chi connectivity index (χ2n) is 5.17. The first-order valence-electron chi connectivity index (χ1n) is 7.05. The number of hydrogen-bond acceptors (Lipinski definition) is 2. The zero-order valence-electron chi connectivity index (χ0n) is 11.3. The summed E-state index contributed by atoms with van der Waals surface area (Å²) < 4.78 is 5.54. The summed E-state index contributed by atoms with van der Waals surface area (Å²) in [6, 6.07) is 0.558. The van der Waals surface area contributed by atoms with Crippen molar-refractivity contribution in [2.45, 2.75) is 70.9 Å². The lowest BCUT2D eigenvalue weighted by molar-refractivity contribution is 0.0575. The molecule has 0 aromatic carbocycles. The van der Waals surface area contributed by atoms with Gasteiger partial charge in [0.25, 0.3) is 0 Å². The lowest BCUT2D eigenvalue weighted by Crippen LogP contribution is -2.45. The summed E-state index contributed by atoms with van der Waals surface area (Å²) in [7, 11) is 1.84. The molecular weight excluding hydrogens is 198 g/mol. The van der Waals surface area contributed by atoms with Crippen molar-refractivity contribution in [1.29, 1.82) is 0 Å². The third kappa shape index (κ3) is 4.42. The molecule has 1 rings (SSSR count). The fraction of sp³-hybridized carbons (Fsp3) is 1.00. The van der Waals surface area contributed by atoms with Crippen LogP contribution in [0.5, 0.6) is 0 Å². The zero-order chi connectivity index (χ0) is 11.8. The lowest BCUT2D eigenvalue weighted by atomic mass is 9.88. The van der Waals surface area contributed by atoms with Crippen LogP contribution in [0.3, 0.4) is 0 Å². The molecule has 96 valence electrons. The van der Waals surface area contributed by atoms with E-state index in [4.69, 9.17) is 4.74 Å². The maximum absolute atomic E-state index is 5.54. The minimum absolute atomic E-state index is 0.342. The van der Waals surface area contributed by atoms with E-state index in [9.17, 15) is 0 Å². The highest BCUT2D eigenvalue weighted by Gasteiger charge is 2.26. The average molecular weight is 227 g/mol. The van der Waals surface area contributed by atoms with Crippen LogP contribution in [0.4, 0.5) is 0 Å². The van der Waals surface area contributed by atoms with Crippen molar-refractivity contribution in [1.82, 2.24) is 5.32 Å². The molecule has 0 radical (unpaired) electrons. The van der Waals surface area contributed by atoms with Crippen molar-refractivity contribution in [3.8, 4) is 0 Å². The minimum Gasteiger partial charge on any atom is -0.380 e. The molecule has 0 bridgehead atoms. The van der Waals surface area contributed by atoms with Gasteiger partial charge in [0, 0.05) is 13.2 Å². The summed E-state index contributed by atoms with van der Waals surface area (Å²) in [5.41, 5.74) is 0. The molecule has 2 nitrogen and oxygen atoms in total. The third-order valence-electron chi connectivity index (χ3n) is 3.92. The Morgan fingerprint density at radius 3 is 2.31 bits per heavy atom. The fourth-order valence-corrected chi connectivity index (χ4v) is 2.84. The minimum atomic E-state index is 0.342. The predicted octanol–water partition coefficient (Wildman–Crippen LogP) is 3.36. The molecule has 2 atom stereocenters. The van der Waals surface area contributed by atoms with Crippen LogP contribution in [-0.4, -0.2) is 25.8 Å². The third-order valence-corrected chi connectivity index (χ3v) is 3.92. The molecule has 16 heavy (non-hydrogen) atoms. The first-order chi connectivity index (χ1) is 7.79. The lowest BCUT2D eigenvalue weighted by Gasteiger charge is -2.31. The van der Waals surface area contributed by atoms with Crippen LogP contribution in [0.25, 0.3) is 0 Å². The van der Waals surface area contributed by atoms with Gasteiger partial charge in [-0.15, -0.1) is 0 Å². The van der Waals surface area contributed by atoms with Gasteiger partial charge in [0.2, 0.25) is 0 Å². The van der Waals surface area contributed by atoms with E-state index in [1.165, 1.54) is 44.9 Å². The van der Waals surface area contributed by atoms with Crippen molar-refractivity contribution in [2.75, 3.05) is 13.7 Å². The van der Waals surface area contributed by atoms with Crippen molar-refractivity contribution in [3.63, 3.8) is 0 Å². The normalized spacial score (nSPS) is 22.7. The Kier molecular flexibility index (Phi) is 7.06. The number of ether oxygens (including phenoxy) is 1. The number of hydrogen-bond donors (Lipinski definition) is 1. The van der Waals surface area contributed by atoms with Gasteiger partial charge in [-0.25, -0.2) is 0 Å². The molecule has 0 spiro atoms. The molecule has 1 aliphatic rings. The molecule has 0 amide bonds. The highest BCUT2D eigenvalue weighted by Crippen LogP contribution is 2.27. The Morgan fingerprint density at radius 2 is 1.81 bits per heavy atom. The number of rotatable bonds is 6. The van der Waals surface area contributed by atoms with Gasteiger partial charge in [-0.1, -0.05) is 32.6 Å². The largest absolute Gasteiger partial charge is 0.380 e. The molecule has 1 fully saturated rings. The average Bonchev–Trinajstić information content (AvgIpc) is 2.58. The highest BCUT2D eigenvalue weighted by molar-refractivity contribution is 4.83. The summed E-state index contributed by atoms with van der Waals surface area (Å²) in [5, 5.41) is 3.69. The van der Waals surface area contributed by atoms with Gasteiger partial charge in [-0.05, 0) is 38.6 Å². The zero-order valence-corrected chi connectivity index (χ0v) is 11.3. The van der Waals surface area contributed by atoms with E-state index in [2.05, 4.69) is 19.2 Å². The van der Waals surface area contributed by atoms with E-state index < -0.39 is 0 Å². The Balaban J connectivity index is 2.50. The van der Waals surface area contributed by atoms with Gasteiger partial charge in [0.05, 0.1) is 6.10 Å². The number of methoxy groups -OCH3 is 1. The Bertz CT molecular complexity index is 164. The summed E-state index contributed by atoms with van der Waals surface area (Å²) in [5.74, 6) is 0.823. The fourth-order valence-electron chi connectivity index (χ4n) is 2.84. The molecule has 1 saturated carbocycles. The molecule has 0 saturated heterocycles. The second-order valence-corrected chi connectivity index (χ2v) is 5.17. The summed E-state index contributed by atoms with van der Waals surface area (Å²) in [4.78, 5) is 0. The molecular formula is C14H29NO. The Hall–Kier alpha value is -0.0800. The van der Waals surface area contributed by atoms with Gasteiger partial charge < -0.3 is 10.1 Å². The van der Waals surface area contributed by atoms with Gasteiger partial charge in [-0.2, -0.15) is 0 Å². The van der Waals surface area contributed by atoms with Gasteiger partial charge in [0.1, 0.15) is 0 Å². The number of nitrogens with one attached hydrogen (secondary N) is 1. The van der Waals surface area contributed by atoms with Crippen LogP contribution in [0.15, 0.2) is 0 Å². The smallest absolute Gasteiger partial charge is 0.0698 e. The maximum atomic E-state index is 5.54. The summed E-state index contributed by atoms with van der Waals surface area (Å²) >= 11 is 0. The molecule has 0 aromatic heterocycles. The standard InChI is InChI=1S/C14H29NO/c1-4-11-15-14(12(2)16-3)13-9-7-5-6-8-10-13/h12-15H,4-11H2,1-3H3. The maximum Gasteiger partial charge on any atom is 0.0698 e. The Labute approximate surface area is 101 Å². The van der Waals surface area contributed by atoms with Crippen LogP contribution in [0.1, 0.15) is 58.8 Å². The van der Waals surface area contributed by atoms with Crippen LogP contribution < -0.4 is 5.32 Å². The second kappa shape index (κ2) is 8.08. The Morgan fingerprint density at radius 1 is 1.19 bits per heavy atom. The van der Waals surface area contributed by atoms with E-state index in [0.29, 0.717) is 12.1 Å². The summed E-state index contributed by atoms with van der Waals surface area (Å²) in [6.07, 6.45) is 9.99. The van der Waals surface area contributed by atoms with E-state index in [0.717, 1.165) is 12.5 Å². The topological polar surface area (TPSA) is 21.3 Å². The van der Waals surface area contributed by atoms with Gasteiger partial charge >= 0.3 is 0 Å². The molecule has 2 heteroatoms. The molecule has 1 aliphatic carbocycles. The molecule has 1 N–H and O–H groups in total. The molecule has 0 aromatic rings. The van der Waals surface area contributed by atoms with Crippen LogP contribution in [-0.2, 0) is 4.74 Å². The SMILES string of the molecule is CCCNC(C1CCCCCC1)C(C)OC. The first-order valence-corrected chi connectivity index (χ1v) is 7.05. The molecule has 0 aliphatic heterocycles. The summed E-state index contributed by atoms with van der Waals surface area (Å²) in [6.45, 7) is 5.56. The van der Waals surface area contributed by atoms with E-state index in [1.807, 2.05) is 7.11 Å². The van der Waals surface area contributed by atoms with Gasteiger partial charge in [-0.3, -0.25) is 0 Å². The quantitative estimate of drug-likeness (QED) is 0.703. The highest BCUT2D eigenvalue weighted by atomic mass is 16.5. The van der Waals surface area contributed by atoms with Crippen LogP contribution >= 0.6 is 0 Å². The van der Waals surface area contributed by atoms with E-state index >= 15 is 0 Å². The molecule has 0 heterocycles. The van der Waals surface area contributed by atoms with Crippen LogP contribution in [0, 0.1) is 5.92 Å². The van der Waals surface area contributed by atoms with Crippen molar-refractivity contribution < 1.29 is 4.74 Å². The van der Waals surface area contributed by atoms with Crippen LogP contribution in [0.2, 0.25) is 0 Å². The van der Waals surface area contributed by atoms with Crippen molar-refractivity contribution in [3.05, 3.63) is 0 Å². The van der Waals surface area contributed by atoms with Crippen molar-refractivity contribution in [2.24, 2.45) is 5.92 Å².